The first kappa shape index (κ1) is 21.8. The molecule has 1 aliphatic rings. The lowest BCUT2D eigenvalue weighted by atomic mass is 10.1. The summed E-state index contributed by atoms with van der Waals surface area (Å²) in [4.78, 5) is 17.1. The first-order valence-electron chi connectivity index (χ1n) is 10.5. The largest absolute Gasteiger partial charge is 0.344 e. The van der Waals surface area contributed by atoms with Gasteiger partial charge in [-0.15, -0.1) is 11.3 Å². The van der Waals surface area contributed by atoms with Gasteiger partial charge in [0.2, 0.25) is 5.91 Å². The SMILES string of the molecule is CCc1ccc(NC(=O)Cc2nc(-c3cc(C)n(C4CCS(=O)(=O)C4)c3C)cs2)cc1. The molecule has 1 fully saturated rings. The van der Waals surface area contributed by atoms with Crippen LogP contribution in [0.3, 0.4) is 0 Å². The van der Waals surface area contributed by atoms with Crippen LogP contribution in [0.2, 0.25) is 0 Å². The fourth-order valence-electron chi connectivity index (χ4n) is 4.26. The molecule has 6 nitrogen and oxygen atoms in total. The summed E-state index contributed by atoms with van der Waals surface area (Å²) in [6, 6.07) is 9.92. The second-order valence-corrected chi connectivity index (χ2v) is 11.3. The van der Waals surface area contributed by atoms with Crippen LogP contribution in [-0.4, -0.2) is 35.4 Å². The number of anilines is 1. The molecular weight excluding hydrogens is 430 g/mol. The van der Waals surface area contributed by atoms with Crippen molar-refractivity contribution in [2.75, 3.05) is 16.8 Å². The number of sulfone groups is 1. The minimum atomic E-state index is -2.95. The van der Waals surface area contributed by atoms with E-state index in [-0.39, 0.29) is 29.9 Å². The maximum absolute atomic E-state index is 12.4. The summed E-state index contributed by atoms with van der Waals surface area (Å²) in [5, 5.41) is 5.65. The first-order valence-corrected chi connectivity index (χ1v) is 13.2. The Hall–Kier alpha value is -2.45. The lowest BCUT2D eigenvalue weighted by Gasteiger charge is -2.16. The molecule has 3 heterocycles. The number of carbonyl (C=O) groups excluding carboxylic acids is 1. The Morgan fingerprint density at radius 1 is 1.26 bits per heavy atom. The molecule has 8 heteroatoms. The standard InChI is InChI=1S/C23H27N3O3S2/c1-4-17-5-7-18(8-6-17)24-22(27)12-23-25-21(13-30-23)20-11-15(2)26(16(20)3)19-9-10-31(28,29)14-19/h5-8,11,13,19H,4,9-10,12,14H2,1-3H3,(H,24,27). The van der Waals surface area contributed by atoms with Crippen LogP contribution in [0, 0.1) is 13.8 Å². The number of benzene rings is 1. The van der Waals surface area contributed by atoms with Crippen LogP contribution in [0.15, 0.2) is 35.7 Å². The summed E-state index contributed by atoms with van der Waals surface area (Å²) in [7, 11) is -2.95. The number of rotatable bonds is 6. The van der Waals surface area contributed by atoms with E-state index in [2.05, 4.69) is 27.9 Å². The fourth-order valence-corrected chi connectivity index (χ4v) is 6.75. The quantitative estimate of drug-likeness (QED) is 0.597. The van der Waals surface area contributed by atoms with Gasteiger partial charge >= 0.3 is 0 Å². The number of hydrogen-bond acceptors (Lipinski definition) is 5. The molecule has 1 amide bonds. The lowest BCUT2D eigenvalue weighted by molar-refractivity contribution is -0.115. The van der Waals surface area contributed by atoms with E-state index < -0.39 is 9.84 Å². The molecule has 0 saturated carbocycles. The van der Waals surface area contributed by atoms with Crippen molar-refractivity contribution in [2.24, 2.45) is 0 Å². The van der Waals surface area contributed by atoms with Gasteiger partial charge in [-0.2, -0.15) is 0 Å². The van der Waals surface area contributed by atoms with Crippen LogP contribution in [0.4, 0.5) is 5.69 Å². The summed E-state index contributed by atoms with van der Waals surface area (Å²) in [5.41, 5.74) is 5.92. The van der Waals surface area contributed by atoms with Crippen molar-refractivity contribution in [3.05, 3.63) is 57.7 Å². The van der Waals surface area contributed by atoms with Gasteiger partial charge in [-0.3, -0.25) is 4.79 Å². The zero-order valence-electron chi connectivity index (χ0n) is 18.0. The lowest BCUT2D eigenvalue weighted by Crippen LogP contribution is -2.14. The Kier molecular flexibility index (Phi) is 6.03. The Bertz CT molecular complexity index is 1210. The molecule has 1 N–H and O–H groups in total. The fraction of sp³-hybridized carbons (Fsp3) is 0.391. The van der Waals surface area contributed by atoms with Crippen LogP contribution < -0.4 is 5.32 Å². The number of amides is 1. The zero-order chi connectivity index (χ0) is 22.2. The van der Waals surface area contributed by atoms with E-state index in [0.717, 1.165) is 39.8 Å². The second kappa shape index (κ2) is 8.59. The van der Waals surface area contributed by atoms with Gasteiger partial charge in [0.15, 0.2) is 9.84 Å². The number of hydrogen-bond donors (Lipinski definition) is 1. The number of carbonyl (C=O) groups is 1. The predicted molar refractivity (Wildman–Crippen MR) is 125 cm³/mol. The van der Waals surface area contributed by atoms with Gasteiger partial charge in [0.1, 0.15) is 5.01 Å². The topological polar surface area (TPSA) is 81.1 Å². The monoisotopic (exact) mass is 457 g/mol. The molecule has 31 heavy (non-hydrogen) atoms. The van der Waals surface area contributed by atoms with Crippen molar-refractivity contribution < 1.29 is 13.2 Å². The average Bonchev–Trinajstić information content (AvgIpc) is 3.39. The van der Waals surface area contributed by atoms with Crippen LogP contribution in [0.25, 0.3) is 11.3 Å². The first-order chi connectivity index (χ1) is 14.8. The van der Waals surface area contributed by atoms with Crippen molar-refractivity contribution in [3.8, 4) is 11.3 Å². The van der Waals surface area contributed by atoms with E-state index in [0.29, 0.717) is 6.42 Å². The van der Waals surface area contributed by atoms with Crippen molar-refractivity contribution in [1.29, 1.82) is 0 Å². The highest BCUT2D eigenvalue weighted by Gasteiger charge is 2.31. The summed E-state index contributed by atoms with van der Waals surface area (Å²) in [5.74, 6) is 0.359. The summed E-state index contributed by atoms with van der Waals surface area (Å²) in [6.07, 6.45) is 1.84. The number of nitrogens with zero attached hydrogens (tertiary/aromatic N) is 2. The molecule has 2 aromatic heterocycles. The van der Waals surface area contributed by atoms with Gasteiger partial charge in [-0.1, -0.05) is 19.1 Å². The summed E-state index contributed by atoms with van der Waals surface area (Å²) >= 11 is 1.47. The minimum Gasteiger partial charge on any atom is -0.344 e. The van der Waals surface area contributed by atoms with Gasteiger partial charge < -0.3 is 9.88 Å². The van der Waals surface area contributed by atoms with Gasteiger partial charge in [-0.25, -0.2) is 13.4 Å². The van der Waals surface area contributed by atoms with Gasteiger partial charge in [0.25, 0.3) is 0 Å². The third-order valence-electron chi connectivity index (χ3n) is 5.84. The number of nitrogens with one attached hydrogen (secondary N) is 1. The molecule has 1 unspecified atom stereocenters. The zero-order valence-corrected chi connectivity index (χ0v) is 19.6. The van der Waals surface area contributed by atoms with Gasteiger partial charge in [-0.05, 0) is 50.5 Å². The molecule has 3 aromatic rings. The van der Waals surface area contributed by atoms with E-state index in [1.807, 2.05) is 43.5 Å². The van der Waals surface area contributed by atoms with Gasteiger partial charge in [0.05, 0.1) is 23.6 Å². The normalized spacial score (nSPS) is 17.7. The second-order valence-electron chi connectivity index (χ2n) is 8.11. The van der Waals surface area contributed by atoms with Gasteiger partial charge in [0, 0.05) is 34.1 Å². The molecular formula is C23H27N3O3S2. The Labute approximate surface area is 187 Å². The number of aromatic nitrogens is 2. The molecule has 1 atom stereocenters. The highest BCUT2D eigenvalue weighted by Crippen LogP contribution is 2.34. The summed E-state index contributed by atoms with van der Waals surface area (Å²) in [6.45, 7) is 6.12. The Morgan fingerprint density at radius 2 is 2.00 bits per heavy atom. The van der Waals surface area contributed by atoms with Crippen molar-refractivity contribution in [3.63, 3.8) is 0 Å². The molecule has 1 saturated heterocycles. The molecule has 0 spiro atoms. The summed E-state index contributed by atoms with van der Waals surface area (Å²) < 4.78 is 26.0. The molecule has 4 rings (SSSR count). The predicted octanol–water partition coefficient (Wildman–Crippen LogP) is 4.33. The average molecular weight is 458 g/mol. The maximum Gasteiger partial charge on any atom is 0.231 e. The Morgan fingerprint density at radius 3 is 2.65 bits per heavy atom. The van der Waals surface area contributed by atoms with Crippen molar-refractivity contribution >= 4 is 32.8 Å². The van der Waals surface area contributed by atoms with E-state index in [1.54, 1.807) is 0 Å². The smallest absolute Gasteiger partial charge is 0.231 e. The minimum absolute atomic E-state index is 0.0123. The van der Waals surface area contributed by atoms with Crippen LogP contribution in [0.1, 0.15) is 41.3 Å². The highest BCUT2D eigenvalue weighted by molar-refractivity contribution is 7.91. The molecule has 0 bridgehead atoms. The van der Waals surface area contributed by atoms with Crippen LogP contribution in [0.5, 0.6) is 0 Å². The van der Waals surface area contributed by atoms with Crippen LogP contribution >= 0.6 is 11.3 Å². The third kappa shape index (κ3) is 4.75. The molecule has 1 aliphatic heterocycles. The molecule has 1 aromatic carbocycles. The van der Waals surface area contributed by atoms with Crippen molar-refractivity contribution in [2.45, 2.75) is 46.1 Å². The van der Waals surface area contributed by atoms with E-state index in [4.69, 9.17) is 0 Å². The maximum atomic E-state index is 12.4. The Balaban J connectivity index is 1.47. The van der Waals surface area contributed by atoms with Crippen LogP contribution in [-0.2, 0) is 27.5 Å². The number of thiazole rings is 1. The highest BCUT2D eigenvalue weighted by atomic mass is 32.2. The van der Waals surface area contributed by atoms with E-state index in [9.17, 15) is 13.2 Å². The van der Waals surface area contributed by atoms with E-state index >= 15 is 0 Å². The molecule has 164 valence electrons. The van der Waals surface area contributed by atoms with Crippen molar-refractivity contribution in [1.82, 2.24) is 9.55 Å². The molecule has 0 aliphatic carbocycles. The third-order valence-corrected chi connectivity index (χ3v) is 8.44. The molecule has 0 radical (unpaired) electrons. The van der Waals surface area contributed by atoms with E-state index in [1.165, 1.54) is 16.9 Å². The number of aryl methyl sites for hydroxylation is 2.